The molecule has 0 spiro atoms. The van der Waals surface area contributed by atoms with E-state index in [0.29, 0.717) is 24.6 Å². The fourth-order valence-electron chi connectivity index (χ4n) is 4.22. The molecule has 1 aromatic heterocycles. The number of carbonyl (C=O) groups excluding carboxylic acids is 2. The van der Waals surface area contributed by atoms with Crippen molar-refractivity contribution in [3.63, 3.8) is 0 Å². The maximum absolute atomic E-state index is 13.3. The van der Waals surface area contributed by atoms with E-state index in [-0.39, 0.29) is 11.8 Å². The highest BCUT2D eigenvalue weighted by molar-refractivity contribution is 6.07. The number of amides is 2. The molecule has 148 valence electrons. The number of aromatic nitrogens is 2. The lowest BCUT2D eigenvalue weighted by Crippen LogP contribution is -2.30. The Hall–Kier alpha value is -2.63. The number of para-hydroxylation sites is 1. The van der Waals surface area contributed by atoms with Gasteiger partial charge in [-0.15, -0.1) is 0 Å². The molecule has 0 saturated heterocycles. The molecular formula is C22H28N4O2. The molecule has 2 aliphatic rings. The van der Waals surface area contributed by atoms with Crippen LogP contribution >= 0.6 is 0 Å². The van der Waals surface area contributed by atoms with Gasteiger partial charge in [-0.1, -0.05) is 38.0 Å². The van der Waals surface area contributed by atoms with Crippen LogP contribution < -0.4 is 10.2 Å². The first-order chi connectivity index (χ1) is 13.7. The Morgan fingerprint density at radius 2 is 1.96 bits per heavy atom. The first-order valence-corrected chi connectivity index (χ1v) is 10.5. The fourth-order valence-corrected chi connectivity index (χ4v) is 4.22. The second-order valence-electron chi connectivity index (χ2n) is 7.64. The van der Waals surface area contributed by atoms with E-state index in [0.717, 1.165) is 62.9 Å². The summed E-state index contributed by atoms with van der Waals surface area (Å²) in [5.41, 5.74) is 3.53. The van der Waals surface area contributed by atoms with Crippen molar-refractivity contribution in [1.82, 2.24) is 14.9 Å². The molecule has 2 amide bonds. The van der Waals surface area contributed by atoms with Gasteiger partial charge >= 0.3 is 0 Å². The largest absolute Gasteiger partial charge is 0.349 e. The van der Waals surface area contributed by atoms with Crippen molar-refractivity contribution < 1.29 is 9.59 Å². The number of nitrogens with zero attached hydrogens (tertiary/aromatic N) is 3. The van der Waals surface area contributed by atoms with Crippen molar-refractivity contribution in [2.45, 2.75) is 58.4 Å². The summed E-state index contributed by atoms with van der Waals surface area (Å²) in [6.07, 6.45) is 6.88. The molecule has 2 aliphatic heterocycles. The van der Waals surface area contributed by atoms with Gasteiger partial charge in [-0.05, 0) is 43.7 Å². The Morgan fingerprint density at radius 3 is 2.82 bits per heavy atom. The zero-order valence-electron chi connectivity index (χ0n) is 16.5. The molecule has 0 bridgehead atoms. The lowest BCUT2D eigenvalue weighted by Gasteiger charge is -2.19. The number of carbonyl (C=O) groups is 2. The Kier molecular flexibility index (Phi) is 5.46. The SMILES string of the molecule is CCCCCNC(=O)c1nc(C(=O)N2CCc3ccccc32)c2n1CCCC2. The van der Waals surface area contributed by atoms with Crippen molar-refractivity contribution in [2.24, 2.45) is 0 Å². The zero-order chi connectivity index (χ0) is 19.5. The topological polar surface area (TPSA) is 67.2 Å². The highest BCUT2D eigenvalue weighted by Crippen LogP contribution is 2.30. The summed E-state index contributed by atoms with van der Waals surface area (Å²) in [6, 6.07) is 8.03. The Balaban J connectivity index is 1.60. The van der Waals surface area contributed by atoms with Gasteiger partial charge in [0, 0.05) is 25.3 Å². The fraction of sp³-hybridized carbons (Fsp3) is 0.500. The van der Waals surface area contributed by atoms with Gasteiger partial charge < -0.3 is 14.8 Å². The second-order valence-corrected chi connectivity index (χ2v) is 7.64. The van der Waals surface area contributed by atoms with Crippen molar-refractivity contribution in [2.75, 3.05) is 18.0 Å². The Morgan fingerprint density at radius 1 is 1.11 bits per heavy atom. The van der Waals surface area contributed by atoms with Crippen molar-refractivity contribution >= 4 is 17.5 Å². The monoisotopic (exact) mass is 380 g/mol. The molecule has 1 aromatic carbocycles. The van der Waals surface area contributed by atoms with E-state index in [2.05, 4.69) is 23.3 Å². The zero-order valence-corrected chi connectivity index (χ0v) is 16.5. The van der Waals surface area contributed by atoms with Crippen LogP contribution in [0.3, 0.4) is 0 Å². The summed E-state index contributed by atoms with van der Waals surface area (Å²) in [5.74, 6) is 0.141. The minimum atomic E-state index is -0.167. The third-order valence-electron chi connectivity index (χ3n) is 5.72. The van der Waals surface area contributed by atoms with Crippen LogP contribution in [0.2, 0.25) is 0 Å². The number of anilines is 1. The standard InChI is InChI=1S/C22H28N4O2/c1-2-3-7-13-23-21(27)20-24-19(18-11-6-8-14-25(18)20)22(28)26-15-12-16-9-4-5-10-17(16)26/h4-5,9-10H,2-3,6-8,11-15H2,1H3,(H,23,27). The van der Waals surface area contributed by atoms with Crippen LogP contribution in [0, 0.1) is 0 Å². The lowest BCUT2D eigenvalue weighted by atomic mass is 10.1. The first-order valence-electron chi connectivity index (χ1n) is 10.5. The van der Waals surface area contributed by atoms with Crippen molar-refractivity contribution in [1.29, 1.82) is 0 Å². The molecule has 0 atom stereocenters. The van der Waals surface area contributed by atoms with Gasteiger partial charge in [-0.2, -0.15) is 0 Å². The number of benzene rings is 1. The molecule has 2 aromatic rings. The van der Waals surface area contributed by atoms with Crippen LogP contribution in [0.25, 0.3) is 0 Å². The van der Waals surface area contributed by atoms with Gasteiger partial charge in [-0.3, -0.25) is 9.59 Å². The quantitative estimate of drug-likeness (QED) is 0.782. The van der Waals surface area contributed by atoms with E-state index < -0.39 is 0 Å². The lowest BCUT2D eigenvalue weighted by molar-refractivity contribution is 0.0937. The van der Waals surface area contributed by atoms with E-state index in [1.807, 2.05) is 27.7 Å². The summed E-state index contributed by atoms with van der Waals surface area (Å²) < 4.78 is 1.97. The average molecular weight is 380 g/mol. The normalized spacial score (nSPS) is 15.2. The number of hydrogen-bond donors (Lipinski definition) is 1. The predicted octanol–water partition coefficient (Wildman–Crippen LogP) is 3.34. The molecular weight excluding hydrogens is 352 g/mol. The summed E-state index contributed by atoms with van der Waals surface area (Å²) in [4.78, 5) is 32.4. The summed E-state index contributed by atoms with van der Waals surface area (Å²) in [7, 11) is 0. The van der Waals surface area contributed by atoms with Gasteiger partial charge in [0.2, 0.25) is 0 Å². The Bertz CT molecular complexity index is 887. The van der Waals surface area contributed by atoms with E-state index in [4.69, 9.17) is 0 Å². The molecule has 3 heterocycles. The van der Waals surface area contributed by atoms with Crippen molar-refractivity contribution in [3.8, 4) is 0 Å². The average Bonchev–Trinajstić information content (AvgIpc) is 3.33. The van der Waals surface area contributed by atoms with Gasteiger partial charge in [0.15, 0.2) is 11.5 Å². The number of unbranched alkanes of at least 4 members (excludes halogenated alkanes) is 2. The molecule has 6 heteroatoms. The maximum Gasteiger partial charge on any atom is 0.287 e. The predicted molar refractivity (Wildman–Crippen MR) is 109 cm³/mol. The summed E-state index contributed by atoms with van der Waals surface area (Å²) >= 11 is 0. The molecule has 28 heavy (non-hydrogen) atoms. The van der Waals surface area contributed by atoms with Crippen LogP contribution in [-0.4, -0.2) is 34.5 Å². The smallest absolute Gasteiger partial charge is 0.287 e. The minimum Gasteiger partial charge on any atom is -0.349 e. The number of hydrogen-bond acceptors (Lipinski definition) is 3. The van der Waals surface area contributed by atoms with Gasteiger partial charge in [-0.25, -0.2) is 4.98 Å². The highest BCUT2D eigenvalue weighted by Gasteiger charge is 2.32. The third-order valence-corrected chi connectivity index (χ3v) is 5.72. The van der Waals surface area contributed by atoms with Crippen LogP contribution in [-0.2, 0) is 19.4 Å². The molecule has 6 nitrogen and oxygen atoms in total. The molecule has 0 saturated carbocycles. The summed E-state index contributed by atoms with van der Waals surface area (Å²) in [5, 5.41) is 2.97. The second kappa shape index (κ2) is 8.17. The first kappa shape index (κ1) is 18.7. The van der Waals surface area contributed by atoms with E-state index >= 15 is 0 Å². The third kappa shape index (κ3) is 3.43. The number of imidazole rings is 1. The molecule has 0 aliphatic carbocycles. The van der Waals surface area contributed by atoms with Gasteiger partial charge in [0.05, 0.1) is 5.69 Å². The Labute approximate surface area is 165 Å². The van der Waals surface area contributed by atoms with Crippen molar-refractivity contribution in [3.05, 3.63) is 47.0 Å². The molecule has 0 fully saturated rings. The molecule has 4 rings (SSSR count). The number of fused-ring (bicyclic) bond motifs is 2. The van der Waals surface area contributed by atoms with Crippen LogP contribution in [0.4, 0.5) is 5.69 Å². The molecule has 0 radical (unpaired) electrons. The number of nitrogens with one attached hydrogen (secondary N) is 1. The van der Waals surface area contributed by atoms with Crippen LogP contribution in [0.15, 0.2) is 24.3 Å². The van der Waals surface area contributed by atoms with Crippen LogP contribution in [0.1, 0.15) is 71.4 Å². The van der Waals surface area contributed by atoms with E-state index in [1.165, 1.54) is 5.56 Å². The van der Waals surface area contributed by atoms with Gasteiger partial charge in [0.25, 0.3) is 11.8 Å². The number of rotatable bonds is 6. The molecule has 1 N–H and O–H groups in total. The van der Waals surface area contributed by atoms with Crippen LogP contribution in [0.5, 0.6) is 0 Å². The summed E-state index contributed by atoms with van der Waals surface area (Å²) in [6.45, 7) is 4.21. The highest BCUT2D eigenvalue weighted by atomic mass is 16.2. The van der Waals surface area contributed by atoms with E-state index in [1.54, 1.807) is 0 Å². The van der Waals surface area contributed by atoms with Gasteiger partial charge in [0.1, 0.15) is 0 Å². The molecule has 0 unspecified atom stereocenters. The minimum absolute atomic E-state index is 0.0827. The van der Waals surface area contributed by atoms with E-state index in [9.17, 15) is 9.59 Å². The maximum atomic E-state index is 13.3.